The minimum atomic E-state index is -4.46. The van der Waals surface area contributed by atoms with E-state index in [1.54, 1.807) is 4.90 Å². The highest BCUT2D eigenvalue weighted by Gasteiger charge is 2.36. The van der Waals surface area contributed by atoms with Crippen LogP contribution in [-0.2, 0) is 10.9 Å². The summed E-state index contributed by atoms with van der Waals surface area (Å²) in [6.45, 7) is 0.958. The summed E-state index contributed by atoms with van der Waals surface area (Å²) in [5, 5.41) is 14.8. The number of aliphatic hydroxyl groups is 1. The van der Waals surface area contributed by atoms with Crippen molar-refractivity contribution in [3.05, 3.63) is 5.01 Å². The number of rotatable bonds is 2. The molecule has 0 bridgehead atoms. The Hall–Kier alpha value is -0.930. The molecule has 0 aromatic carbocycles. The molecule has 1 aromatic heterocycles. The Morgan fingerprint density at radius 1 is 1.47 bits per heavy atom. The van der Waals surface area contributed by atoms with E-state index in [1.807, 2.05) is 0 Å². The zero-order valence-electron chi connectivity index (χ0n) is 8.65. The van der Waals surface area contributed by atoms with Crippen LogP contribution >= 0.6 is 11.3 Å². The molecular weight excluding hydrogens is 259 g/mol. The zero-order valence-corrected chi connectivity index (χ0v) is 9.46. The van der Waals surface area contributed by atoms with E-state index < -0.39 is 11.2 Å². The third-order valence-corrected chi connectivity index (χ3v) is 3.30. The van der Waals surface area contributed by atoms with Gasteiger partial charge in [0, 0.05) is 13.1 Å². The summed E-state index contributed by atoms with van der Waals surface area (Å²) in [7, 11) is 0. The van der Waals surface area contributed by atoms with Gasteiger partial charge in [0.1, 0.15) is 0 Å². The second-order valence-corrected chi connectivity index (χ2v) is 4.46. The van der Waals surface area contributed by atoms with Crippen LogP contribution in [0.15, 0.2) is 0 Å². The smallest absolute Gasteiger partial charge is 0.394 e. The van der Waals surface area contributed by atoms with E-state index in [2.05, 4.69) is 10.2 Å². The zero-order chi connectivity index (χ0) is 12.5. The first-order valence-electron chi connectivity index (χ1n) is 4.89. The third kappa shape index (κ3) is 2.85. The number of hydrogen-bond donors (Lipinski definition) is 1. The molecule has 1 unspecified atom stereocenters. The molecule has 1 aliphatic rings. The summed E-state index contributed by atoms with van der Waals surface area (Å²) in [6, 6.07) is 0. The fourth-order valence-electron chi connectivity index (χ4n) is 1.46. The topological polar surface area (TPSA) is 58.5 Å². The second-order valence-electron chi connectivity index (χ2n) is 3.51. The van der Waals surface area contributed by atoms with Crippen LogP contribution in [0.1, 0.15) is 5.01 Å². The van der Waals surface area contributed by atoms with Crippen molar-refractivity contribution in [2.45, 2.75) is 12.3 Å². The number of nitrogens with zero attached hydrogens (tertiary/aromatic N) is 3. The molecule has 1 saturated heterocycles. The summed E-state index contributed by atoms with van der Waals surface area (Å²) < 4.78 is 42.2. The molecule has 2 rings (SSSR count). The van der Waals surface area contributed by atoms with E-state index >= 15 is 0 Å². The number of hydrogen-bond acceptors (Lipinski definition) is 6. The van der Waals surface area contributed by atoms with E-state index in [-0.39, 0.29) is 17.8 Å². The second kappa shape index (κ2) is 4.75. The number of halogens is 3. The largest absolute Gasteiger partial charge is 0.445 e. The van der Waals surface area contributed by atoms with Crippen molar-refractivity contribution < 1.29 is 23.0 Å². The number of ether oxygens (including phenoxy) is 1. The molecule has 1 atom stereocenters. The highest BCUT2D eigenvalue weighted by atomic mass is 32.1. The molecule has 2 heterocycles. The van der Waals surface area contributed by atoms with Crippen LogP contribution in [0, 0.1) is 0 Å². The van der Waals surface area contributed by atoms with Gasteiger partial charge in [0.05, 0.1) is 19.3 Å². The van der Waals surface area contributed by atoms with Crippen molar-refractivity contribution in [1.29, 1.82) is 0 Å². The molecule has 0 spiro atoms. The molecule has 96 valence electrons. The van der Waals surface area contributed by atoms with Crippen molar-refractivity contribution in [2.75, 3.05) is 31.2 Å². The van der Waals surface area contributed by atoms with Gasteiger partial charge in [0.15, 0.2) is 0 Å². The van der Waals surface area contributed by atoms with Gasteiger partial charge in [0.2, 0.25) is 10.1 Å². The average Bonchev–Trinajstić information content (AvgIpc) is 2.78. The minimum absolute atomic E-state index is 0.165. The molecule has 1 fully saturated rings. The fourth-order valence-corrected chi connectivity index (χ4v) is 2.21. The van der Waals surface area contributed by atoms with E-state index in [1.165, 1.54) is 0 Å². The van der Waals surface area contributed by atoms with Gasteiger partial charge in [-0.3, -0.25) is 0 Å². The first-order chi connectivity index (χ1) is 8.00. The molecule has 9 heteroatoms. The molecule has 1 N–H and O–H groups in total. The lowest BCUT2D eigenvalue weighted by atomic mass is 10.3. The van der Waals surface area contributed by atoms with Gasteiger partial charge in [-0.1, -0.05) is 11.3 Å². The Labute approximate surface area is 98.8 Å². The summed E-state index contributed by atoms with van der Waals surface area (Å²) >= 11 is 0.500. The SMILES string of the molecule is OCC1CN(c2nnc(C(F)(F)F)s2)CCO1. The standard InChI is InChI=1S/C8H10F3N3O2S/c9-8(10,11)6-12-13-7(17-6)14-1-2-16-5(3-14)4-15/h5,15H,1-4H2. The van der Waals surface area contributed by atoms with Crippen molar-refractivity contribution in [3.8, 4) is 0 Å². The van der Waals surface area contributed by atoms with E-state index in [0.717, 1.165) is 0 Å². The van der Waals surface area contributed by atoms with Gasteiger partial charge in [-0.25, -0.2) is 0 Å². The lowest BCUT2D eigenvalue weighted by Gasteiger charge is -2.31. The Morgan fingerprint density at radius 3 is 2.82 bits per heavy atom. The van der Waals surface area contributed by atoms with Crippen LogP contribution < -0.4 is 4.90 Å². The van der Waals surface area contributed by atoms with Crippen LogP contribution in [0.5, 0.6) is 0 Å². The van der Waals surface area contributed by atoms with Crippen LogP contribution in [-0.4, -0.2) is 47.7 Å². The molecule has 5 nitrogen and oxygen atoms in total. The van der Waals surface area contributed by atoms with E-state index in [4.69, 9.17) is 9.84 Å². The monoisotopic (exact) mass is 269 g/mol. The Kier molecular flexibility index (Phi) is 3.50. The quantitative estimate of drug-likeness (QED) is 0.858. The number of alkyl halides is 3. The Balaban J connectivity index is 2.09. The highest BCUT2D eigenvalue weighted by Crippen LogP contribution is 2.34. The van der Waals surface area contributed by atoms with Crippen molar-refractivity contribution in [2.24, 2.45) is 0 Å². The van der Waals surface area contributed by atoms with Crippen LogP contribution in [0.2, 0.25) is 0 Å². The molecule has 0 radical (unpaired) electrons. The van der Waals surface area contributed by atoms with Crippen molar-refractivity contribution in [3.63, 3.8) is 0 Å². The first kappa shape index (κ1) is 12.5. The predicted octanol–water partition coefficient (Wildman–Crippen LogP) is 0.754. The maximum atomic E-state index is 12.3. The summed E-state index contributed by atoms with van der Waals surface area (Å²) in [4.78, 5) is 1.64. The maximum absolute atomic E-state index is 12.3. The molecule has 1 aromatic rings. The van der Waals surface area contributed by atoms with E-state index in [9.17, 15) is 13.2 Å². The number of anilines is 1. The lowest BCUT2D eigenvalue weighted by molar-refractivity contribution is -0.138. The average molecular weight is 269 g/mol. The van der Waals surface area contributed by atoms with Crippen LogP contribution in [0.25, 0.3) is 0 Å². The van der Waals surface area contributed by atoms with Gasteiger partial charge in [-0.15, -0.1) is 10.2 Å². The molecule has 1 aliphatic heterocycles. The van der Waals surface area contributed by atoms with Crippen molar-refractivity contribution in [1.82, 2.24) is 10.2 Å². The number of aromatic nitrogens is 2. The molecule has 0 saturated carbocycles. The van der Waals surface area contributed by atoms with Gasteiger partial charge in [-0.2, -0.15) is 13.2 Å². The van der Waals surface area contributed by atoms with E-state index in [0.29, 0.717) is 31.0 Å². The molecule has 17 heavy (non-hydrogen) atoms. The van der Waals surface area contributed by atoms with Gasteiger partial charge in [-0.05, 0) is 0 Å². The first-order valence-corrected chi connectivity index (χ1v) is 5.70. The van der Waals surface area contributed by atoms with Gasteiger partial charge in [0.25, 0.3) is 0 Å². The van der Waals surface area contributed by atoms with Crippen LogP contribution in [0.3, 0.4) is 0 Å². The third-order valence-electron chi connectivity index (χ3n) is 2.27. The number of morpholine rings is 1. The molecule has 0 amide bonds. The Bertz CT molecular complexity index is 384. The molecular formula is C8H10F3N3O2S. The Morgan fingerprint density at radius 2 is 2.24 bits per heavy atom. The predicted molar refractivity (Wildman–Crippen MR) is 53.9 cm³/mol. The van der Waals surface area contributed by atoms with Crippen molar-refractivity contribution >= 4 is 16.5 Å². The summed E-state index contributed by atoms with van der Waals surface area (Å²) in [5.74, 6) is 0. The lowest BCUT2D eigenvalue weighted by Crippen LogP contribution is -2.44. The highest BCUT2D eigenvalue weighted by molar-refractivity contribution is 7.15. The summed E-state index contributed by atoms with van der Waals surface area (Å²) in [5.41, 5.74) is 0. The molecule has 0 aliphatic carbocycles. The fraction of sp³-hybridized carbons (Fsp3) is 0.750. The van der Waals surface area contributed by atoms with Crippen LogP contribution in [0.4, 0.5) is 18.3 Å². The van der Waals surface area contributed by atoms with Gasteiger partial charge >= 0.3 is 6.18 Å². The maximum Gasteiger partial charge on any atom is 0.445 e. The minimum Gasteiger partial charge on any atom is -0.394 e. The summed E-state index contributed by atoms with van der Waals surface area (Å²) in [6.07, 6.45) is -4.85. The number of aliphatic hydroxyl groups excluding tert-OH is 1. The normalized spacial score (nSPS) is 21.9. The van der Waals surface area contributed by atoms with Gasteiger partial charge < -0.3 is 14.7 Å².